The number of benzene rings is 2. The molecular weight excluding hydrogens is 915 g/mol. The van der Waals surface area contributed by atoms with Crippen molar-refractivity contribution in [3.05, 3.63) is 59.7 Å². The highest BCUT2D eigenvalue weighted by Crippen LogP contribution is 2.44. The topological polar surface area (TPSA) is 158 Å². The zero-order valence-electron chi connectivity index (χ0n) is 43.6. The van der Waals surface area contributed by atoms with Crippen LogP contribution in [-0.4, -0.2) is 191 Å². The van der Waals surface area contributed by atoms with Crippen LogP contribution >= 0.6 is 0 Å². The quantitative estimate of drug-likeness (QED) is 0.0629. The average Bonchev–Trinajstić information content (AvgIpc) is 3.71. The van der Waals surface area contributed by atoms with Gasteiger partial charge >= 0.3 is 6.09 Å². The van der Waals surface area contributed by atoms with Crippen molar-refractivity contribution in [2.75, 3.05) is 185 Å². The van der Waals surface area contributed by atoms with E-state index in [9.17, 15) is 4.79 Å². The number of alkyl carbamates (subject to hydrolysis) is 1. The SMILES string of the molecule is CCCCCCCCCCCCCOCCOCCOCCOCCOCCOCCOCCOCCOCCOCCOCCOCCOCCCNC(=O)OCC1c2ccccc2-c2ccccc21. The lowest BCUT2D eigenvalue weighted by molar-refractivity contribution is -0.0290. The standard InChI is InChI=1S/C55H93NO15/c1-2-3-4-5-6-7-8-9-10-11-16-23-58-25-27-60-29-31-62-33-35-64-37-39-66-41-43-68-45-47-70-48-46-69-44-42-67-40-38-65-36-34-63-32-30-61-28-26-59-24-17-22-56-55(57)71-49-54-52-20-14-12-18-50(52)51-19-13-15-21-53(51)54/h12-15,18-21,54H,2-11,16-17,22-49H2,1H3,(H,56,57). The van der Waals surface area contributed by atoms with E-state index in [1.165, 1.54) is 86.5 Å². The largest absolute Gasteiger partial charge is 0.449 e. The molecule has 0 saturated heterocycles. The van der Waals surface area contributed by atoms with E-state index < -0.39 is 6.09 Å². The van der Waals surface area contributed by atoms with Crippen LogP contribution < -0.4 is 5.32 Å². The number of nitrogens with one attached hydrogen (secondary N) is 1. The number of rotatable bonds is 54. The molecule has 408 valence electrons. The van der Waals surface area contributed by atoms with Gasteiger partial charge in [0.1, 0.15) is 6.61 Å². The molecule has 0 aromatic heterocycles. The third-order valence-corrected chi connectivity index (χ3v) is 11.4. The second-order valence-corrected chi connectivity index (χ2v) is 17.1. The summed E-state index contributed by atoms with van der Waals surface area (Å²) in [6.07, 6.45) is 15.1. The molecule has 1 N–H and O–H groups in total. The Morgan fingerprint density at radius 1 is 0.352 bits per heavy atom. The Kier molecular flexibility index (Phi) is 42.4. The molecule has 1 aliphatic carbocycles. The van der Waals surface area contributed by atoms with Gasteiger partial charge in [0, 0.05) is 25.7 Å². The molecule has 0 bridgehead atoms. The lowest BCUT2D eigenvalue weighted by Gasteiger charge is -2.14. The molecule has 2 aromatic carbocycles. The first-order chi connectivity index (χ1) is 35.3. The molecule has 0 aliphatic heterocycles. The fraction of sp³-hybridized carbons (Fsp3) is 0.764. The molecule has 0 fully saturated rings. The summed E-state index contributed by atoms with van der Waals surface area (Å²) in [5, 5.41) is 2.81. The van der Waals surface area contributed by atoms with Crippen molar-refractivity contribution in [1.82, 2.24) is 5.32 Å². The number of ether oxygens (including phenoxy) is 14. The van der Waals surface area contributed by atoms with Crippen molar-refractivity contribution in [2.24, 2.45) is 0 Å². The van der Waals surface area contributed by atoms with Crippen molar-refractivity contribution < 1.29 is 71.1 Å². The highest BCUT2D eigenvalue weighted by molar-refractivity contribution is 5.79. The van der Waals surface area contributed by atoms with Crippen LogP contribution in [0.1, 0.15) is 101 Å². The summed E-state index contributed by atoms with van der Waals surface area (Å²) in [6, 6.07) is 16.6. The molecule has 0 saturated carbocycles. The van der Waals surface area contributed by atoms with E-state index in [0.29, 0.717) is 185 Å². The van der Waals surface area contributed by atoms with Gasteiger partial charge in [-0.2, -0.15) is 0 Å². The Bertz CT molecular complexity index is 1430. The van der Waals surface area contributed by atoms with Crippen LogP contribution in [0, 0.1) is 0 Å². The Morgan fingerprint density at radius 2 is 0.620 bits per heavy atom. The van der Waals surface area contributed by atoms with Crippen LogP contribution in [-0.2, 0) is 66.3 Å². The number of carbonyl (C=O) groups excluding carboxylic acids is 1. The summed E-state index contributed by atoms with van der Waals surface area (Å²) in [6.45, 7) is 16.7. The fourth-order valence-corrected chi connectivity index (χ4v) is 7.62. The Labute approximate surface area is 426 Å². The molecule has 3 rings (SSSR count). The van der Waals surface area contributed by atoms with Crippen LogP contribution in [0.25, 0.3) is 11.1 Å². The third-order valence-electron chi connectivity index (χ3n) is 11.4. The van der Waals surface area contributed by atoms with Gasteiger partial charge in [0.05, 0.1) is 159 Å². The minimum absolute atomic E-state index is 0.0469. The van der Waals surface area contributed by atoms with E-state index in [-0.39, 0.29) is 5.92 Å². The second-order valence-electron chi connectivity index (χ2n) is 17.1. The number of carbonyl (C=O) groups is 1. The van der Waals surface area contributed by atoms with Gasteiger partial charge in [-0.15, -0.1) is 0 Å². The van der Waals surface area contributed by atoms with Gasteiger partial charge in [0.2, 0.25) is 0 Å². The lowest BCUT2D eigenvalue weighted by atomic mass is 9.98. The van der Waals surface area contributed by atoms with Gasteiger partial charge in [0.15, 0.2) is 0 Å². The van der Waals surface area contributed by atoms with Crippen molar-refractivity contribution in [1.29, 1.82) is 0 Å². The monoisotopic (exact) mass is 1010 g/mol. The van der Waals surface area contributed by atoms with Crippen molar-refractivity contribution >= 4 is 6.09 Å². The van der Waals surface area contributed by atoms with E-state index in [2.05, 4.69) is 36.5 Å². The van der Waals surface area contributed by atoms with Crippen LogP contribution in [0.5, 0.6) is 0 Å². The number of fused-ring (bicyclic) bond motifs is 3. The molecule has 16 heteroatoms. The Hall–Kier alpha value is -2.81. The first kappa shape index (κ1) is 62.5. The van der Waals surface area contributed by atoms with Gasteiger partial charge in [-0.3, -0.25) is 0 Å². The van der Waals surface area contributed by atoms with Crippen LogP contribution in [0.15, 0.2) is 48.5 Å². The van der Waals surface area contributed by atoms with Gasteiger partial charge < -0.3 is 71.6 Å². The average molecular weight is 1010 g/mol. The van der Waals surface area contributed by atoms with E-state index in [4.69, 9.17) is 66.3 Å². The number of hydrogen-bond acceptors (Lipinski definition) is 15. The third kappa shape index (κ3) is 35.1. The molecule has 0 radical (unpaired) electrons. The minimum Gasteiger partial charge on any atom is -0.449 e. The molecule has 2 aromatic rings. The van der Waals surface area contributed by atoms with E-state index >= 15 is 0 Å². The predicted octanol–water partition coefficient (Wildman–Crippen LogP) is 8.44. The molecule has 0 heterocycles. The minimum atomic E-state index is -0.415. The van der Waals surface area contributed by atoms with Crippen molar-refractivity contribution in [2.45, 2.75) is 89.9 Å². The van der Waals surface area contributed by atoms with Crippen molar-refractivity contribution in [3.8, 4) is 11.1 Å². The molecular formula is C55H93NO15. The summed E-state index contributed by atoms with van der Waals surface area (Å²) in [5.41, 5.74) is 4.81. The molecule has 16 nitrogen and oxygen atoms in total. The van der Waals surface area contributed by atoms with Crippen LogP contribution in [0.3, 0.4) is 0 Å². The first-order valence-corrected chi connectivity index (χ1v) is 26.9. The van der Waals surface area contributed by atoms with Gasteiger partial charge in [-0.25, -0.2) is 4.79 Å². The van der Waals surface area contributed by atoms with Gasteiger partial charge in [-0.05, 0) is 35.1 Å². The predicted molar refractivity (Wildman–Crippen MR) is 275 cm³/mol. The molecule has 71 heavy (non-hydrogen) atoms. The molecule has 0 unspecified atom stereocenters. The Balaban J connectivity index is 0.884. The molecule has 0 atom stereocenters. The number of hydrogen-bond donors (Lipinski definition) is 1. The first-order valence-electron chi connectivity index (χ1n) is 26.9. The lowest BCUT2D eigenvalue weighted by Crippen LogP contribution is -2.27. The maximum Gasteiger partial charge on any atom is 0.407 e. The maximum absolute atomic E-state index is 12.3. The van der Waals surface area contributed by atoms with Crippen molar-refractivity contribution in [3.63, 3.8) is 0 Å². The summed E-state index contributed by atoms with van der Waals surface area (Å²) in [5.74, 6) is 0.0469. The summed E-state index contributed by atoms with van der Waals surface area (Å²) < 4.78 is 77.8. The van der Waals surface area contributed by atoms with Crippen LogP contribution in [0.2, 0.25) is 0 Å². The smallest absolute Gasteiger partial charge is 0.407 e. The van der Waals surface area contributed by atoms with E-state index in [0.717, 1.165) is 13.0 Å². The number of amides is 1. The zero-order valence-corrected chi connectivity index (χ0v) is 43.6. The van der Waals surface area contributed by atoms with E-state index in [1.54, 1.807) is 0 Å². The maximum atomic E-state index is 12.3. The normalized spacial score (nSPS) is 12.2. The highest BCUT2D eigenvalue weighted by Gasteiger charge is 2.29. The van der Waals surface area contributed by atoms with E-state index in [1.807, 2.05) is 24.3 Å². The van der Waals surface area contributed by atoms with Gasteiger partial charge in [0.25, 0.3) is 0 Å². The fourth-order valence-electron chi connectivity index (χ4n) is 7.62. The van der Waals surface area contributed by atoms with Crippen LogP contribution in [0.4, 0.5) is 4.79 Å². The second kappa shape index (κ2) is 48.1. The summed E-state index contributed by atoms with van der Waals surface area (Å²) in [4.78, 5) is 12.3. The highest BCUT2D eigenvalue weighted by atomic mass is 16.6. The Morgan fingerprint density at radius 3 is 0.944 bits per heavy atom. The zero-order chi connectivity index (χ0) is 50.0. The molecule has 1 aliphatic rings. The summed E-state index contributed by atoms with van der Waals surface area (Å²) in [7, 11) is 0. The molecule has 1 amide bonds. The summed E-state index contributed by atoms with van der Waals surface area (Å²) >= 11 is 0. The molecule has 0 spiro atoms. The van der Waals surface area contributed by atoms with Gasteiger partial charge in [-0.1, -0.05) is 120 Å². The number of unbranched alkanes of at least 4 members (excludes halogenated alkanes) is 10.